The van der Waals surface area contributed by atoms with Crippen molar-refractivity contribution >= 4 is 35.1 Å². The molecule has 2 amide bonds. The van der Waals surface area contributed by atoms with Gasteiger partial charge in [-0.05, 0) is 57.0 Å². The van der Waals surface area contributed by atoms with E-state index in [0.29, 0.717) is 23.4 Å². The van der Waals surface area contributed by atoms with Crippen molar-refractivity contribution in [2.45, 2.75) is 33.6 Å². The quantitative estimate of drug-likeness (QED) is 0.589. The molecule has 0 fully saturated rings. The second-order valence-electron chi connectivity index (χ2n) is 7.07. The van der Waals surface area contributed by atoms with E-state index < -0.39 is 11.9 Å². The first-order chi connectivity index (χ1) is 14.7. The van der Waals surface area contributed by atoms with E-state index in [1.807, 2.05) is 13.8 Å². The fourth-order valence-electron chi connectivity index (χ4n) is 3.15. The van der Waals surface area contributed by atoms with Gasteiger partial charge in [0, 0.05) is 17.8 Å². The lowest BCUT2D eigenvalue weighted by Gasteiger charge is -2.11. The van der Waals surface area contributed by atoms with Gasteiger partial charge >= 0.3 is 5.97 Å². The minimum Gasteiger partial charge on any atom is -0.465 e. The zero-order valence-corrected chi connectivity index (χ0v) is 17.9. The van der Waals surface area contributed by atoms with Gasteiger partial charge in [0.1, 0.15) is 0 Å². The average Bonchev–Trinajstić information content (AvgIpc) is 3.03. The number of aryl methyl sites for hydroxylation is 1. The number of esters is 1. The van der Waals surface area contributed by atoms with Crippen LogP contribution in [0.5, 0.6) is 0 Å². The molecule has 1 aromatic heterocycles. The molecule has 0 unspecified atom stereocenters. The number of hydrogen-bond acceptors (Lipinski definition) is 6. The maximum absolute atomic E-state index is 12.4. The molecule has 9 heteroatoms. The van der Waals surface area contributed by atoms with Gasteiger partial charge in [-0.1, -0.05) is 6.58 Å². The maximum Gasteiger partial charge on any atom is 0.337 e. The van der Waals surface area contributed by atoms with Gasteiger partial charge < -0.3 is 10.1 Å². The third-order valence-electron chi connectivity index (χ3n) is 4.99. The lowest BCUT2D eigenvalue weighted by Crippen LogP contribution is -2.23. The Kier molecular flexibility index (Phi) is 6.24. The largest absolute Gasteiger partial charge is 0.465 e. The summed E-state index contributed by atoms with van der Waals surface area (Å²) in [4.78, 5) is 44.1. The predicted octanol–water partition coefficient (Wildman–Crippen LogP) is 2.62. The van der Waals surface area contributed by atoms with Crippen LogP contribution < -0.4 is 5.32 Å². The van der Waals surface area contributed by atoms with Crippen LogP contribution in [0.2, 0.25) is 0 Å². The average molecular weight is 421 g/mol. The first-order valence-corrected chi connectivity index (χ1v) is 9.62. The van der Waals surface area contributed by atoms with Crippen LogP contribution in [0, 0.1) is 13.8 Å². The Labute approximate surface area is 179 Å². The molecule has 0 atom stereocenters. The molecule has 1 aliphatic heterocycles. The zero-order valence-electron chi connectivity index (χ0n) is 17.9. The number of carbonyl (C=O) groups excluding carboxylic acids is 3. The summed E-state index contributed by atoms with van der Waals surface area (Å²) in [6.45, 7) is 9.05. The van der Waals surface area contributed by atoms with Crippen LogP contribution in [0.15, 0.2) is 46.4 Å². The van der Waals surface area contributed by atoms with E-state index in [1.54, 1.807) is 31.2 Å². The Hall–Kier alpha value is -3.88. The molecule has 0 aliphatic carbocycles. The number of ether oxygens (including phenoxy) is 1. The van der Waals surface area contributed by atoms with Crippen molar-refractivity contribution in [3.8, 4) is 0 Å². The first-order valence-electron chi connectivity index (χ1n) is 9.62. The highest BCUT2D eigenvalue weighted by atomic mass is 16.5. The summed E-state index contributed by atoms with van der Waals surface area (Å²) in [6, 6.07) is 6.46. The van der Waals surface area contributed by atoms with E-state index in [1.165, 1.54) is 11.8 Å². The van der Waals surface area contributed by atoms with Crippen LogP contribution in [0.1, 0.15) is 40.7 Å². The second kappa shape index (κ2) is 8.86. The van der Waals surface area contributed by atoms with Crippen LogP contribution in [-0.2, 0) is 20.7 Å². The molecular formula is C22H23N5O4. The number of anilines is 1. The predicted molar refractivity (Wildman–Crippen MR) is 117 cm³/mol. The van der Waals surface area contributed by atoms with Crippen LogP contribution in [0.3, 0.4) is 0 Å². The number of rotatable bonds is 5. The van der Waals surface area contributed by atoms with Crippen LogP contribution in [0.25, 0.3) is 0 Å². The highest BCUT2D eigenvalue weighted by Crippen LogP contribution is 2.18. The summed E-state index contributed by atoms with van der Waals surface area (Å²) in [6.07, 6.45) is 0.691. The Morgan fingerprint density at radius 2 is 1.81 bits per heavy atom. The standard InChI is InChI=1S/C22H23N5O4/c1-12-13(2)23-22(25-20(12)29)27-15(4)18(14(3)26-27)10-11-19(28)24-17-8-6-16(7-9-17)21(30)31-5/h6-9H,1,10-11H2,2-5H3,(H,24,28). The number of aromatic nitrogens is 2. The molecule has 9 nitrogen and oxygen atoms in total. The van der Waals surface area contributed by atoms with E-state index in [2.05, 4.69) is 31.7 Å². The highest BCUT2D eigenvalue weighted by molar-refractivity contribution is 6.27. The van der Waals surface area contributed by atoms with Crippen molar-refractivity contribution < 1.29 is 19.1 Å². The maximum atomic E-state index is 12.4. The zero-order chi connectivity index (χ0) is 22.7. The monoisotopic (exact) mass is 421 g/mol. The van der Waals surface area contributed by atoms with Crippen LogP contribution in [-0.4, -0.2) is 46.3 Å². The molecule has 0 saturated carbocycles. The molecule has 0 radical (unpaired) electrons. The van der Waals surface area contributed by atoms with Gasteiger partial charge in [-0.25, -0.2) is 14.5 Å². The van der Waals surface area contributed by atoms with Crippen molar-refractivity contribution in [1.82, 2.24) is 9.78 Å². The van der Waals surface area contributed by atoms with Gasteiger partial charge in [0.15, 0.2) is 0 Å². The van der Waals surface area contributed by atoms with Crippen molar-refractivity contribution in [1.29, 1.82) is 0 Å². The molecule has 1 aromatic carbocycles. The second-order valence-corrected chi connectivity index (χ2v) is 7.07. The Morgan fingerprint density at radius 3 is 2.42 bits per heavy atom. The minimum absolute atomic E-state index is 0.173. The SMILES string of the molecule is C=C1C(=O)N=C(n2nc(C)c(CCC(=O)Nc3ccc(C(=O)OC)cc3)c2C)N=C1C. The normalized spacial score (nSPS) is 13.5. The molecule has 160 valence electrons. The lowest BCUT2D eigenvalue weighted by molar-refractivity contribution is -0.116. The first kappa shape index (κ1) is 21.8. The van der Waals surface area contributed by atoms with E-state index in [9.17, 15) is 14.4 Å². The fourth-order valence-corrected chi connectivity index (χ4v) is 3.15. The van der Waals surface area contributed by atoms with Gasteiger partial charge in [0.25, 0.3) is 11.9 Å². The number of carbonyl (C=O) groups is 3. The highest BCUT2D eigenvalue weighted by Gasteiger charge is 2.22. The van der Waals surface area contributed by atoms with Crippen molar-refractivity contribution in [2.24, 2.45) is 9.98 Å². The van der Waals surface area contributed by atoms with E-state index in [4.69, 9.17) is 0 Å². The lowest BCUT2D eigenvalue weighted by atomic mass is 10.1. The van der Waals surface area contributed by atoms with Crippen molar-refractivity contribution in [3.63, 3.8) is 0 Å². The van der Waals surface area contributed by atoms with Gasteiger partial charge in [0.05, 0.1) is 29.7 Å². The number of methoxy groups -OCH3 is 1. The number of nitrogens with one attached hydrogen (secondary N) is 1. The molecule has 2 heterocycles. The summed E-state index contributed by atoms with van der Waals surface area (Å²) >= 11 is 0. The Morgan fingerprint density at radius 1 is 1.13 bits per heavy atom. The van der Waals surface area contributed by atoms with Gasteiger partial charge in [-0.2, -0.15) is 10.1 Å². The number of benzene rings is 1. The topological polar surface area (TPSA) is 115 Å². The molecule has 1 N–H and O–H groups in total. The molecule has 0 spiro atoms. The minimum atomic E-state index is -0.436. The number of nitrogens with zero attached hydrogens (tertiary/aromatic N) is 4. The molecule has 0 saturated heterocycles. The number of hydrogen-bond donors (Lipinski definition) is 1. The van der Waals surface area contributed by atoms with E-state index in [0.717, 1.165) is 17.0 Å². The van der Waals surface area contributed by atoms with Gasteiger partial charge in [-0.15, -0.1) is 0 Å². The summed E-state index contributed by atoms with van der Waals surface area (Å²) in [5.41, 5.74) is 4.15. The smallest absolute Gasteiger partial charge is 0.337 e. The summed E-state index contributed by atoms with van der Waals surface area (Å²) in [5, 5.41) is 7.25. The molecule has 31 heavy (non-hydrogen) atoms. The van der Waals surface area contributed by atoms with Gasteiger partial charge in [-0.3, -0.25) is 9.59 Å². The Balaban J connectivity index is 1.68. The van der Waals surface area contributed by atoms with Crippen LogP contribution >= 0.6 is 0 Å². The Bertz CT molecular complexity index is 1140. The molecule has 3 rings (SSSR count). The van der Waals surface area contributed by atoms with Crippen LogP contribution in [0.4, 0.5) is 5.69 Å². The van der Waals surface area contributed by atoms with E-state index in [-0.39, 0.29) is 23.9 Å². The summed E-state index contributed by atoms with van der Waals surface area (Å²) in [5.74, 6) is -0.854. The molecule has 1 aliphatic rings. The number of amides is 2. The summed E-state index contributed by atoms with van der Waals surface area (Å²) in [7, 11) is 1.31. The van der Waals surface area contributed by atoms with Gasteiger partial charge in [0.2, 0.25) is 5.91 Å². The summed E-state index contributed by atoms with van der Waals surface area (Å²) < 4.78 is 6.17. The third kappa shape index (κ3) is 4.66. The molecular weight excluding hydrogens is 398 g/mol. The van der Waals surface area contributed by atoms with Crippen molar-refractivity contribution in [2.75, 3.05) is 12.4 Å². The van der Waals surface area contributed by atoms with Crippen molar-refractivity contribution in [3.05, 3.63) is 58.9 Å². The molecule has 2 aromatic rings. The number of aliphatic imine (C=N–C) groups is 2. The molecule has 0 bridgehead atoms. The third-order valence-corrected chi connectivity index (χ3v) is 4.99. The fraction of sp³-hybridized carbons (Fsp3) is 0.273. The van der Waals surface area contributed by atoms with E-state index >= 15 is 0 Å².